The van der Waals surface area contributed by atoms with Gasteiger partial charge in [0, 0.05) is 42.5 Å². The van der Waals surface area contributed by atoms with Crippen molar-refractivity contribution in [3.63, 3.8) is 0 Å². The summed E-state index contributed by atoms with van der Waals surface area (Å²) < 4.78 is 78.8. The number of nitrogens with zero attached hydrogens (tertiary/aromatic N) is 3. The van der Waals surface area contributed by atoms with Crippen LogP contribution in [0.2, 0.25) is 0 Å². The molecular formula is C21H19F6N3OS. The van der Waals surface area contributed by atoms with Crippen molar-refractivity contribution >= 4 is 29.0 Å². The summed E-state index contributed by atoms with van der Waals surface area (Å²) in [5.41, 5.74) is -1.55. The first-order chi connectivity index (χ1) is 14.8. The molecule has 0 aliphatic rings. The van der Waals surface area contributed by atoms with E-state index in [-0.39, 0.29) is 23.9 Å². The number of nitriles is 1. The van der Waals surface area contributed by atoms with Crippen LogP contribution in [0.15, 0.2) is 47.4 Å². The zero-order valence-electron chi connectivity index (χ0n) is 17.1. The maximum Gasteiger partial charge on any atom is 0.417 e. The third-order valence-electron chi connectivity index (χ3n) is 4.49. The Morgan fingerprint density at radius 1 is 1.03 bits per heavy atom. The Morgan fingerprint density at radius 3 is 2.12 bits per heavy atom. The fourth-order valence-electron chi connectivity index (χ4n) is 2.80. The van der Waals surface area contributed by atoms with Crippen LogP contribution in [0.4, 0.5) is 37.7 Å². The minimum atomic E-state index is -4.87. The number of halogens is 6. The van der Waals surface area contributed by atoms with E-state index in [4.69, 9.17) is 5.26 Å². The first kappa shape index (κ1) is 25.4. The quantitative estimate of drug-likeness (QED) is 0.380. The van der Waals surface area contributed by atoms with Crippen molar-refractivity contribution < 1.29 is 31.1 Å². The average molecular weight is 475 g/mol. The molecule has 0 unspecified atom stereocenters. The molecule has 0 bridgehead atoms. The van der Waals surface area contributed by atoms with Crippen molar-refractivity contribution in [2.24, 2.45) is 0 Å². The number of hydrogen-bond donors (Lipinski definition) is 0. The third kappa shape index (κ3) is 7.09. The Hall–Kier alpha value is -2.87. The van der Waals surface area contributed by atoms with Crippen molar-refractivity contribution in [1.82, 2.24) is 0 Å². The molecule has 0 saturated carbocycles. The molecule has 2 aromatic carbocycles. The number of hydrogen-bond acceptors (Lipinski definition) is 4. The molecular weight excluding hydrogens is 456 g/mol. The van der Waals surface area contributed by atoms with Crippen molar-refractivity contribution in [2.75, 3.05) is 35.7 Å². The number of anilines is 2. The zero-order valence-corrected chi connectivity index (χ0v) is 17.9. The van der Waals surface area contributed by atoms with E-state index >= 15 is 0 Å². The van der Waals surface area contributed by atoms with Gasteiger partial charge >= 0.3 is 12.4 Å². The van der Waals surface area contributed by atoms with Gasteiger partial charge in [0.05, 0.1) is 17.2 Å². The molecule has 172 valence electrons. The number of carbonyl (C=O) groups excluding carboxylic acids is 1. The summed E-state index contributed by atoms with van der Waals surface area (Å²) in [5.74, 6) is 0.00752. The van der Waals surface area contributed by atoms with Crippen LogP contribution in [0.1, 0.15) is 18.1 Å². The van der Waals surface area contributed by atoms with Crippen LogP contribution in [0, 0.1) is 11.3 Å². The molecule has 4 nitrogen and oxygen atoms in total. The Balaban J connectivity index is 2.17. The fraction of sp³-hybridized carbons (Fsp3) is 0.333. The highest BCUT2D eigenvalue weighted by Gasteiger charge is 2.36. The van der Waals surface area contributed by atoms with Gasteiger partial charge in [-0.1, -0.05) is 0 Å². The highest BCUT2D eigenvalue weighted by atomic mass is 32.2. The molecule has 2 rings (SSSR count). The summed E-state index contributed by atoms with van der Waals surface area (Å²) in [6.45, 7) is -0.202. The maximum atomic E-state index is 13.2. The number of carbonyl (C=O) groups is 1. The fourth-order valence-corrected chi connectivity index (χ4v) is 3.67. The Labute approximate surface area is 185 Å². The van der Waals surface area contributed by atoms with Crippen LogP contribution in [-0.2, 0) is 11.0 Å². The highest BCUT2D eigenvalue weighted by Crippen LogP contribution is 2.35. The van der Waals surface area contributed by atoms with Gasteiger partial charge in [-0.05, 0) is 42.5 Å². The van der Waals surface area contributed by atoms with Gasteiger partial charge in [-0.15, -0.1) is 11.8 Å². The van der Waals surface area contributed by atoms with E-state index in [9.17, 15) is 31.1 Å². The van der Waals surface area contributed by atoms with Gasteiger partial charge in [0.2, 0.25) is 5.91 Å². The Bertz CT molecular complexity index is 983. The van der Waals surface area contributed by atoms with E-state index in [0.717, 1.165) is 21.9 Å². The summed E-state index contributed by atoms with van der Waals surface area (Å²) in [6, 6.07) is 10.7. The molecule has 0 aromatic heterocycles. The van der Waals surface area contributed by atoms with Gasteiger partial charge in [-0.3, -0.25) is 4.79 Å². The lowest BCUT2D eigenvalue weighted by atomic mass is 10.1. The van der Waals surface area contributed by atoms with Crippen LogP contribution in [-0.4, -0.2) is 38.0 Å². The third-order valence-corrected chi connectivity index (χ3v) is 5.48. The summed E-state index contributed by atoms with van der Waals surface area (Å²) >= 11 is 1.23. The number of thioether (sulfide) groups is 1. The lowest BCUT2D eigenvalue weighted by Crippen LogP contribution is -2.36. The predicted molar refractivity (Wildman–Crippen MR) is 111 cm³/mol. The van der Waals surface area contributed by atoms with E-state index in [1.54, 1.807) is 31.3 Å². The van der Waals surface area contributed by atoms with Gasteiger partial charge in [0.25, 0.3) is 0 Å². The van der Waals surface area contributed by atoms with E-state index < -0.39 is 30.0 Å². The van der Waals surface area contributed by atoms with Crippen LogP contribution >= 0.6 is 11.8 Å². The molecule has 0 N–H and O–H groups in total. The summed E-state index contributed by atoms with van der Waals surface area (Å²) in [5, 5.41) is 8.88. The molecule has 2 aromatic rings. The van der Waals surface area contributed by atoms with E-state index in [1.165, 1.54) is 29.7 Å². The first-order valence-corrected chi connectivity index (χ1v) is 10.2. The van der Waals surface area contributed by atoms with Crippen LogP contribution < -0.4 is 9.80 Å². The van der Waals surface area contributed by atoms with Crippen molar-refractivity contribution in [3.8, 4) is 6.07 Å². The molecule has 0 radical (unpaired) electrons. The molecule has 0 aliphatic carbocycles. The standard InChI is InChI=1S/C21H19F6N3OS/c1-14(31)29(2)16-5-7-18(8-6-16)32-10-9-30(13-20(22,23)24)17-4-3-15(12-28)19(11-17)21(25,26)27/h3-8,11H,9-10,13H2,1-2H3. The molecule has 0 heterocycles. The number of amides is 1. The molecule has 1 amide bonds. The Morgan fingerprint density at radius 2 is 1.62 bits per heavy atom. The zero-order chi connectivity index (χ0) is 24.1. The van der Waals surface area contributed by atoms with Crippen molar-refractivity contribution in [3.05, 3.63) is 53.6 Å². The van der Waals surface area contributed by atoms with E-state index in [2.05, 4.69) is 0 Å². The van der Waals surface area contributed by atoms with Gasteiger partial charge in [-0.2, -0.15) is 31.6 Å². The summed E-state index contributed by atoms with van der Waals surface area (Å²) in [7, 11) is 1.60. The smallest absolute Gasteiger partial charge is 0.362 e. The van der Waals surface area contributed by atoms with Crippen LogP contribution in [0.5, 0.6) is 0 Å². The van der Waals surface area contributed by atoms with Crippen LogP contribution in [0.25, 0.3) is 0 Å². The van der Waals surface area contributed by atoms with Crippen molar-refractivity contribution in [2.45, 2.75) is 24.2 Å². The average Bonchev–Trinajstić information content (AvgIpc) is 2.71. The molecule has 0 aliphatic heterocycles. The van der Waals surface area contributed by atoms with Gasteiger partial charge in [0.1, 0.15) is 6.54 Å². The minimum Gasteiger partial charge on any atom is -0.362 e. The molecule has 0 fully saturated rings. The second-order valence-electron chi connectivity index (χ2n) is 6.80. The second kappa shape index (κ2) is 10.2. The molecule has 0 spiro atoms. The van der Waals surface area contributed by atoms with E-state index in [1.807, 2.05) is 0 Å². The lowest BCUT2D eigenvalue weighted by molar-refractivity contribution is -0.137. The summed E-state index contributed by atoms with van der Waals surface area (Å²) in [4.78, 5) is 14.4. The molecule has 11 heteroatoms. The lowest BCUT2D eigenvalue weighted by Gasteiger charge is -2.27. The highest BCUT2D eigenvalue weighted by molar-refractivity contribution is 7.99. The van der Waals surface area contributed by atoms with E-state index in [0.29, 0.717) is 11.8 Å². The SMILES string of the molecule is CC(=O)N(C)c1ccc(SCCN(CC(F)(F)F)c2ccc(C#N)c(C(F)(F)F)c2)cc1. The number of rotatable bonds is 7. The second-order valence-corrected chi connectivity index (χ2v) is 7.96. The molecule has 0 saturated heterocycles. The number of alkyl halides is 6. The number of benzene rings is 2. The monoisotopic (exact) mass is 475 g/mol. The summed E-state index contributed by atoms with van der Waals surface area (Å²) in [6.07, 6.45) is -9.50. The Kier molecular flexibility index (Phi) is 8.07. The largest absolute Gasteiger partial charge is 0.417 e. The maximum absolute atomic E-state index is 13.2. The van der Waals surface area contributed by atoms with Crippen molar-refractivity contribution in [1.29, 1.82) is 5.26 Å². The van der Waals surface area contributed by atoms with Gasteiger partial charge in [-0.25, -0.2) is 0 Å². The first-order valence-electron chi connectivity index (χ1n) is 9.22. The topological polar surface area (TPSA) is 47.3 Å². The normalized spacial score (nSPS) is 11.7. The minimum absolute atomic E-state index is 0.158. The van der Waals surface area contributed by atoms with Gasteiger partial charge in [0.15, 0.2) is 0 Å². The molecule has 32 heavy (non-hydrogen) atoms. The van der Waals surface area contributed by atoms with Gasteiger partial charge < -0.3 is 9.80 Å². The molecule has 0 atom stereocenters. The van der Waals surface area contributed by atoms with Crippen LogP contribution in [0.3, 0.4) is 0 Å². The predicted octanol–water partition coefficient (Wildman–Crippen LogP) is 5.72.